The molecule has 1 aromatic carbocycles. The summed E-state index contributed by atoms with van der Waals surface area (Å²) in [5.41, 5.74) is 0.795. The summed E-state index contributed by atoms with van der Waals surface area (Å²) >= 11 is 0. The largest absolute Gasteiger partial charge is 0.508 e. The number of amides is 1. The van der Waals surface area contributed by atoms with Gasteiger partial charge in [0.2, 0.25) is 5.91 Å². The molecular formula is C17H24N2O2. The first-order chi connectivity index (χ1) is 10.1. The minimum absolute atomic E-state index is 0.0473. The second-order valence-electron chi connectivity index (χ2n) is 6.43. The number of fused-ring (bicyclic) bond motifs is 1. The Morgan fingerprint density at radius 2 is 2.10 bits per heavy atom. The van der Waals surface area contributed by atoms with E-state index in [1.807, 2.05) is 19.2 Å². The highest BCUT2D eigenvalue weighted by atomic mass is 16.3. The van der Waals surface area contributed by atoms with E-state index < -0.39 is 0 Å². The van der Waals surface area contributed by atoms with E-state index in [9.17, 15) is 9.90 Å². The molecule has 1 amide bonds. The van der Waals surface area contributed by atoms with Crippen molar-refractivity contribution in [3.05, 3.63) is 29.8 Å². The lowest BCUT2D eigenvalue weighted by Gasteiger charge is -2.24. The molecule has 1 aromatic rings. The highest BCUT2D eigenvalue weighted by Crippen LogP contribution is 2.33. The predicted molar refractivity (Wildman–Crippen MR) is 81.9 cm³/mol. The molecule has 4 heteroatoms. The lowest BCUT2D eigenvalue weighted by Crippen LogP contribution is -2.43. The Kier molecular flexibility index (Phi) is 4.15. The number of nitrogens with zero attached hydrogens (tertiary/aromatic N) is 1. The summed E-state index contributed by atoms with van der Waals surface area (Å²) in [6.45, 7) is 0.457. The number of phenols is 1. The van der Waals surface area contributed by atoms with Gasteiger partial charge in [0.1, 0.15) is 5.75 Å². The molecule has 2 fully saturated rings. The smallest absolute Gasteiger partial charge is 0.239 e. The van der Waals surface area contributed by atoms with Gasteiger partial charge >= 0.3 is 0 Å². The average molecular weight is 288 g/mol. The van der Waals surface area contributed by atoms with Gasteiger partial charge < -0.3 is 15.3 Å². The zero-order chi connectivity index (χ0) is 14.8. The zero-order valence-corrected chi connectivity index (χ0v) is 12.6. The number of rotatable bonds is 3. The Labute approximate surface area is 126 Å². The minimum Gasteiger partial charge on any atom is -0.508 e. The van der Waals surface area contributed by atoms with E-state index in [0.29, 0.717) is 18.5 Å². The minimum atomic E-state index is -0.0473. The van der Waals surface area contributed by atoms with Crippen molar-refractivity contribution in [2.75, 3.05) is 7.05 Å². The number of carbonyl (C=O) groups is 1. The van der Waals surface area contributed by atoms with E-state index in [2.05, 4.69) is 5.32 Å². The van der Waals surface area contributed by atoms with Crippen LogP contribution in [-0.4, -0.2) is 35.0 Å². The van der Waals surface area contributed by atoms with Gasteiger partial charge in [0, 0.05) is 25.2 Å². The first-order valence-electron chi connectivity index (χ1n) is 7.93. The quantitative estimate of drug-likeness (QED) is 0.897. The molecule has 2 aliphatic rings. The van der Waals surface area contributed by atoms with Crippen LogP contribution in [0.3, 0.4) is 0 Å². The lowest BCUT2D eigenvalue weighted by atomic mass is 9.85. The van der Waals surface area contributed by atoms with Crippen molar-refractivity contribution >= 4 is 5.91 Å². The third-order valence-electron chi connectivity index (χ3n) is 4.94. The molecule has 21 heavy (non-hydrogen) atoms. The number of benzene rings is 1. The standard InChI is InChI=1S/C17H24N2O2/c1-19(11-13-7-3-5-9-16(13)20)17(21)15-10-12-6-2-4-8-14(12)18-15/h3,5,7,9,12,14-15,18,20H,2,4,6,8,10-11H2,1H3. The molecule has 1 heterocycles. The summed E-state index contributed by atoms with van der Waals surface area (Å²) in [5, 5.41) is 13.3. The van der Waals surface area contributed by atoms with Crippen molar-refractivity contribution in [3.8, 4) is 5.75 Å². The Balaban J connectivity index is 1.61. The number of para-hydroxylation sites is 1. The fourth-order valence-electron chi connectivity index (χ4n) is 3.75. The highest BCUT2D eigenvalue weighted by Gasteiger charge is 2.39. The molecule has 2 N–H and O–H groups in total. The third kappa shape index (κ3) is 3.05. The molecule has 3 unspecified atom stereocenters. The normalized spacial score (nSPS) is 28.1. The van der Waals surface area contributed by atoms with Crippen molar-refractivity contribution in [1.82, 2.24) is 10.2 Å². The van der Waals surface area contributed by atoms with Crippen LogP contribution in [0.4, 0.5) is 0 Å². The average Bonchev–Trinajstić information content (AvgIpc) is 2.92. The van der Waals surface area contributed by atoms with Crippen LogP contribution in [0.25, 0.3) is 0 Å². The summed E-state index contributed by atoms with van der Waals surface area (Å²) in [6, 6.07) is 7.69. The van der Waals surface area contributed by atoms with Crippen molar-refractivity contribution < 1.29 is 9.90 Å². The molecule has 114 valence electrons. The van der Waals surface area contributed by atoms with Crippen LogP contribution < -0.4 is 5.32 Å². The topological polar surface area (TPSA) is 52.6 Å². The fourth-order valence-corrected chi connectivity index (χ4v) is 3.75. The van der Waals surface area contributed by atoms with E-state index in [1.165, 1.54) is 25.7 Å². The highest BCUT2D eigenvalue weighted by molar-refractivity contribution is 5.82. The molecule has 1 aliphatic carbocycles. The van der Waals surface area contributed by atoms with Gasteiger partial charge in [-0.1, -0.05) is 31.0 Å². The summed E-state index contributed by atoms with van der Waals surface area (Å²) in [5.74, 6) is 1.07. The SMILES string of the molecule is CN(Cc1ccccc1O)C(=O)C1CC2CCCCC2N1. The third-order valence-corrected chi connectivity index (χ3v) is 4.94. The molecule has 1 aliphatic heterocycles. The first kappa shape index (κ1) is 14.4. The molecule has 1 saturated heterocycles. The number of aromatic hydroxyl groups is 1. The van der Waals surface area contributed by atoms with Crippen LogP contribution in [0.5, 0.6) is 5.75 Å². The molecule has 0 aromatic heterocycles. The van der Waals surface area contributed by atoms with Crippen molar-refractivity contribution in [1.29, 1.82) is 0 Å². The molecular weight excluding hydrogens is 264 g/mol. The fraction of sp³-hybridized carbons (Fsp3) is 0.588. The van der Waals surface area contributed by atoms with Crippen LogP contribution in [0.2, 0.25) is 0 Å². The molecule has 3 atom stereocenters. The van der Waals surface area contributed by atoms with Crippen LogP contribution >= 0.6 is 0 Å². The van der Waals surface area contributed by atoms with Gasteiger partial charge in [0.05, 0.1) is 6.04 Å². The monoisotopic (exact) mass is 288 g/mol. The summed E-state index contributed by atoms with van der Waals surface area (Å²) in [6.07, 6.45) is 6.01. The Hall–Kier alpha value is -1.55. The molecule has 1 saturated carbocycles. The molecule has 3 rings (SSSR count). The van der Waals surface area contributed by atoms with Crippen LogP contribution in [0.15, 0.2) is 24.3 Å². The van der Waals surface area contributed by atoms with Gasteiger partial charge in [0.15, 0.2) is 0 Å². The van der Waals surface area contributed by atoms with Crippen LogP contribution in [0, 0.1) is 5.92 Å². The Morgan fingerprint density at radius 1 is 1.33 bits per heavy atom. The van der Waals surface area contributed by atoms with Crippen LogP contribution in [0.1, 0.15) is 37.7 Å². The van der Waals surface area contributed by atoms with E-state index in [1.54, 1.807) is 17.0 Å². The van der Waals surface area contributed by atoms with Gasteiger partial charge in [-0.3, -0.25) is 4.79 Å². The Bertz CT molecular complexity index is 503. The summed E-state index contributed by atoms with van der Waals surface area (Å²) < 4.78 is 0. The maximum Gasteiger partial charge on any atom is 0.239 e. The number of hydrogen-bond donors (Lipinski definition) is 2. The van der Waals surface area contributed by atoms with Crippen LogP contribution in [-0.2, 0) is 11.3 Å². The van der Waals surface area contributed by atoms with Gasteiger partial charge in [-0.05, 0) is 31.2 Å². The van der Waals surface area contributed by atoms with E-state index in [-0.39, 0.29) is 17.7 Å². The maximum atomic E-state index is 12.6. The van der Waals surface area contributed by atoms with E-state index in [0.717, 1.165) is 12.0 Å². The molecule has 0 radical (unpaired) electrons. The number of nitrogens with one attached hydrogen (secondary N) is 1. The van der Waals surface area contributed by atoms with Crippen molar-refractivity contribution in [3.63, 3.8) is 0 Å². The number of likely N-dealkylation sites (N-methyl/N-ethyl adjacent to an activating group) is 1. The second-order valence-corrected chi connectivity index (χ2v) is 6.43. The second kappa shape index (κ2) is 6.06. The molecule has 0 spiro atoms. The van der Waals surface area contributed by atoms with Gasteiger partial charge in [-0.15, -0.1) is 0 Å². The van der Waals surface area contributed by atoms with E-state index in [4.69, 9.17) is 0 Å². The number of hydrogen-bond acceptors (Lipinski definition) is 3. The molecule has 4 nitrogen and oxygen atoms in total. The molecule has 0 bridgehead atoms. The number of carbonyl (C=O) groups excluding carboxylic acids is 1. The van der Waals surface area contributed by atoms with Crippen molar-refractivity contribution in [2.24, 2.45) is 5.92 Å². The Morgan fingerprint density at radius 3 is 2.86 bits per heavy atom. The number of phenolic OH excluding ortho intramolecular Hbond substituents is 1. The zero-order valence-electron chi connectivity index (χ0n) is 12.6. The summed E-state index contributed by atoms with van der Waals surface area (Å²) in [4.78, 5) is 14.3. The summed E-state index contributed by atoms with van der Waals surface area (Å²) in [7, 11) is 1.82. The van der Waals surface area contributed by atoms with Gasteiger partial charge in [-0.25, -0.2) is 0 Å². The first-order valence-corrected chi connectivity index (χ1v) is 7.93. The van der Waals surface area contributed by atoms with Gasteiger partial charge in [-0.2, -0.15) is 0 Å². The predicted octanol–water partition coefficient (Wildman–Crippen LogP) is 2.27. The van der Waals surface area contributed by atoms with Crippen molar-refractivity contribution in [2.45, 2.75) is 50.7 Å². The van der Waals surface area contributed by atoms with E-state index >= 15 is 0 Å². The maximum absolute atomic E-state index is 12.6. The van der Waals surface area contributed by atoms with Gasteiger partial charge in [0.25, 0.3) is 0 Å². The lowest BCUT2D eigenvalue weighted by molar-refractivity contribution is -0.132.